The Morgan fingerprint density at radius 1 is 1.21 bits per heavy atom. The maximum Gasteiger partial charge on any atom is 0.316 e. The van der Waals surface area contributed by atoms with Crippen LogP contribution in [0.5, 0.6) is 0 Å². The summed E-state index contributed by atoms with van der Waals surface area (Å²) in [7, 11) is 1.31. The Morgan fingerprint density at radius 2 is 1.89 bits per heavy atom. The number of carbonyl (C=O) groups excluding carboxylic acids is 2. The zero-order valence-corrected chi connectivity index (χ0v) is 11.9. The lowest BCUT2D eigenvalue weighted by atomic mass is 9.92. The lowest BCUT2D eigenvalue weighted by Crippen LogP contribution is -2.27. The average molecular weight is 283 g/mol. The molecule has 0 aliphatic heterocycles. The van der Waals surface area contributed by atoms with E-state index in [1.807, 2.05) is 30.3 Å². The first-order valence-electron chi connectivity index (χ1n) is 6.39. The van der Waals surface area contributed by atoms with Gasteiger partial charge in [0, 0.05) is 12.3 Å². The van der Waals surface area contributed by atoms with Crippen molar-refractivity contribution in [3.05, 3.63) is 35.9 Å². The van der Waals surface area contributed by atoms with Crippen molar-refractivity contribution in [3.63, 3.8) is 0 Å². The summed E-state index contributed by atoms with van der Waals surface area (Å²) >= 11 is 5.58. The first kappa shape index (κ1) is 15.7. The molecule has 0 amide bonds. The zero-order valence-electron chi connectivity index (χ0n) is 11.1. The van der Waals surface area contributed by atoms with E-state index in [1.165, 1.54) is 7.11 Å². The molecule has 0 aromatic heterocycles. The van der Waals surface area contributed by atoms with E-state index in [4.69, 9.17) is 16.3 Å². The van der Waals surface area contributed by atoms with Gasteiger partial charge >= 0.3 is 5.97 Å². The average Bonchev–Trinajstić information content (AvgIpc) is 2.45. The Kier molecular flexibility index (Phi) is 7.19. The molecule has 0 radical (unpaired) electrons. The molecule has 0 aliphatic carbocycles. The fourth-order valence-electron chi connectivity index (χ4n) is 1.89. The summed E-state index contributed by atoms with van der Waals surface area (Å²) in [6.45, 7) is 0. The Labute approximate surface area is 118 Å². The number of unbranched alkanes of at least 4 members (excludes halogenated alkanes) is 1. The number of hydrogen-bond donors (Lipinski definition) is 0. The molecule has 0 bridgehead atoms. The van der Waals surface area contributed by atoms with Gasteiger partial charge in [0.1, 0.15) is 11.7 Å². The second kappa shape index (κ2) is 8.70. The molecule has 0 aliphatic rings. The Balaban J connectivity index is 2.66. The van der Waals surface area contributed by atoms with Crippen molar-refractivity contribution in [3.8, 4) is 0 Å². The molecule has 1 atom stereocenters. The fraction of sp³-hybridized carbons (Fsp3) is 0.467. The topological polar surface area (TPSA) is 43.4 Å². The van der Waals surface area contributed by atoms with Gasteiger partial charge in [-0.3, -0.25) is 9.59 Å². The molecule has 0 N–H and O–H groups in total. The van der Waals surface area contributed by atoms with E-state index in [0.29, 0.717) is 25.1 Å². The van der Waals surface area contributed by atoms with E-state index in [0.717, 1.165) is 12.0 Å². The fourth-order valence-corrected chi connectivity index (χ4v) is 2.08. The summed E-state index contributed by atoms with van der Waals surface area (Å²) in [5.74, 6) is -0.697. The van der Waals surface area contributed by atoms with Crippen LogP contribution in [0.25, 0.3) is 0 Å². The molecule has 1 aromatic carbocycles. The maximum atomic E-state index is 12.1. The SMILES string of the molecule is COC(=O)C(Cc1ccccc1)C(=O)CCCCCl. The molecule has 1 aromatic rings. The Hall–Kier alpha value is -1.35. The van der Waals surface area contributed by atoms with Crippen LogP contribution in [0.4, 0.5) is 0 Å². The first-order chi connectivity index (χ1) is 9.19. The molecule has 0 fully saturated rings. The molecule has 0 saturated heterocycles. The number of rotatable bonds is 8. The minimum atomic E-state index is -0.706. The van der Waals surface area contributed by atoms with Crippen molar-refractivity contribution in [2.45, 2.75) is 25.7 Å². The third kappa shape index (κ3) is 5.43. The Bertz CT molecular complexity index is 403. The van der Waals surface area contributed by atoms with Gasteiger partial charge in [-0.25, -0.2) is 0 Å². The monoisotopic (exact) mass is 282 g/mol. The van der Waals surface area contributed by atoms with Gasteiger partial charge in [0.2, 0.25) is 0 Å². The number of ether oxygens (including phenoxy) is 1. The highest BCUT2D eigenvalue weighted by atomic mass is 35.5. The lowest BCUT2D eigenvalue weighted by Gasteiger charge is -2.13. The van der Waals surface area contributed by atoms with Crippen LogP contribution in [-0.4, -0.2) is 24.7 Å². The van der Waals surface area contributed by atoms with Crippen molar-refractivity contribution >= 4 is 23.4 Å². The van der Waals surface area contributed by atoms with Crippen molar-refractivity contribution in [2.24, 2.45) is 5.92 Å². The number of benzene rings is 1. The first-order valence-corrected chi connectivity index (χ1v) is 6.93. The Morgan fingerprint density at radius 3 is 2.47 bits per heavy atom. The molecule has 19 heavy (non-hydrogen) atoms. The van der Waals surface area contributed by atoms with E-state index in [9.17, 15) is 9.59 Å². The lowest BCUT2D eigenvalue weighted by molar-refractivity contribution is -0.149. The van der Waals surface area contributed by atoms with E-state index < -0.39 is 11.9 Å². The van der Waals surface area contributed by atoms with Crippen LogP contribution >= 0.6 is 11.6 Å². The van der Waals surface area contributed by atoms with Gasteiger partial charge in [0.05, 0.1) is 7.11 Å². The molecule has 1 rings (SSSR count). The van der Waals surface area contributed by atoms with E-state index in [-0.39, 0.29) is 5.78 Å². The maximum absolute atomic E-state index is 12.1. The van der Waals surface area contributed by atoms with Gasteiger partial charge in [-0.2, -0.15) is 0 Å². The number of carbonyl (C=O) groups is 2. The standard InChI is InChI=1S/C15H19ClO3/c1-19-15(18)13(14(17)9-5-6-10-16)11-12-7-3-2-4-8-12/h2-4,7-8,13H,5-6,9-11H2,1H3. The molecular weight excluding hydrogens is 264 g/mol. The van der Waals surface area contributed by atoms with Crippen LogP contribution < -0.4 is 0 Å². The molecule has 4 heteroatoms. The predicted octanol–water partition coefficient (Wildman–Crippen LogP) is 3.00. The third-order valence-electron chi connectivity index (χ3n) is 2.96. The minimum absolute atomic E-state index is 0.0687. The van der Waals surface area contributed by atoms with Crippen molar-refractivity contribution in [2.75, 3.05) is 13.0 Å². The largest absolute Gasteiger partial charge is 0.468 e. The van der Waals surface area contributed by atoms with Gasteiger partial charge in [0.25, 0.3) is 0 Å². The quantitative estimate of drug-likeness (QED) is 0.319. The minimum Gasteiger partial charge on any atom is -0.468 e. The normalized spacial score (nSPS) is 11.9. The zero-order chi connectivity index (χ0) is 14.1. The number of ketones is 1. The van der Waals surface area contributed by atoms with E-state index in [1.54, 1.807) is 0 Å². The van der Waals surface area contributed by atoms with E-state index in [2.05, 4.69) is 0 Å². The number of Topliss-reactive ketones (excluding diaryl/α,β-unsaturated/α-hetero) is 1. The van der Waals surface area contributed by atoms with Crippen LogP contribution in [0.1, 0.15) is 24.8 Å². The van der Waals surface area contributed by atoms with Crippen LogP contribution in [0.15, 0.2) is 30.3 Å². The van der Waals surface area contributed by atoms with E-state index >= 15 is 0 Å². The molecular formula is C15H19ClO3. The summed E-state index contributed by atoms with van der Waals surface area (Å²) in [6.07, 6.45) is 2.27. The summed E-state index contributed by atoms with van der Waals surface area (Å²) < 4.78 is 4.73. The summed E-state index contributed by atoms with van der Waals surface area (Å²) in [5, 5.41) is 0. The number of hydrogen-bond acceptors (Lipinski definition) is 3. The summed E-state index contributed by atoms with van der Waals surface area (Å²) in [5.41, 5.74) is 0.962. The second-order valence-electron chi connectivity index (χ2n) is 4.38. The van der Waals surface area contributed by atoms with Gasteiger partial charge in [0.15, 0.2) is 0 Å². The van der Waals surface area contributed by atoms with Crippen LogP contribution in [0.3, 0.4) is 0 Å². The van der Waals surface area contributed by atoms with Gasteiger partial charge in [-0.15, -0.1) is 11.6 Å². The highest BCUT2D eigenvalue weighted by molar-refractivity contribution is 6.17. The number of esters is 1. The van der Waals surface area contributed by atoms with Crippen LogP contribution in [-0.2, 0) is 20.7 Å². The molecule has 0 spiro atoms. The van der Waals surface area contributed by atoms with Crippen molar-refractivity contribution in [1.82, 2.24) is 0 Å². The molecule has 0 heterocycles. The second-order valence-corrected chi connectivity index (χ2v) is 4.76. The third-order valence-corrected chi connectivity index (χ3v) is 3.23. The number of halogens is 1. The summed E-state index contributed by atoms with van der Waals surface area (Å²) in [4.78, 5) is 23.8. The molecule has 1 unspecified atom stereocenters. The highest BCUT2D eigenvalue weighted by Gasteiger charge is 2.26. The van der Waals surface area contributed by atoms with Crippen LogP contribution in [0, 0.1) is 5.92 Å². The summed E-state index contributed by atoms with van der Waals surface area (Å²) in [6, 6.07) is 9.49. The van der Waals surface area contributed by atoms with Crippen molar-refractivity contribution in [1.29, 1.82) is 0 Å². The predicted molar refractivity (Wildman–Crippen MR) is 75.2 cm³/mol. The number of methoxy groups -OCH3 is 1. The molecule has 3 nitrogen and oxygen atoms in total. The smallest absolute Gasteiger partial charge is 0.316 e. The van der Waals surface area contributed by atoms with Gasteiger partial charge in [-0.1, -0.05) is 30.3 Å². The van der Waals surface area contributed by atoms with Crippen molar-refractivity contribution < 1.29 is 14.3 Å². The molecule has 0 saturated carbocycles. The van der Waals surface area contributed by atoms with Gasteiger partial charge < -0.3 is 4.74 Å². The highest BCUT2D eigenvalue weighted by Crippen LogP contribution is 2.15. The van der Waals surface area contributed by atoms with Gasteiger partial charge in [-0.05, 0) is 24.8 Å². The number of alkyl halides is 1. The molecule has 104 valence electrons. The van der Waals surface area contributed by atoms with Crippen LogP contribution in [0.2, 0.25) is 0 Å².